The Morgan fingerprint density at radius 2 is 2.22 bits per heavy atom. The Kier molecular flexibility index (Phi) is 6.36. The molecule has 18 heavy (non-hydrogen) atoms. The van der Waals surface area contributed by atoms with Gasteiger partial charge in [0, 0.05) is 17.6 Å². The summed E-state index contributed by atoms with van der Waals surface area (Å²) in [6, 6.07) is 5.68. The number of hydrogen-bond acceptors (Lipinski definition) is 2. The Hall–Kier alpha value is -0.870. The van der Waals surface area contributed by atoms with Gasteiger partial charge in [-0.2, -0.15) is 0 Å². The molecular formula is C14H20BrNO2. The molecule has 0 spiro atoms. The number of nitrogens with one attached hydrogen (secondary N) is 1. The average molecular weight is 314 g/mol. The smallest absolute Gasteiger partial charge is 0.252 e. The molecular weight excluding hydrogens is 294 g/mol. The molecule has 0 radical (unpaired) electrons. The first-order chi connectivity index (χ1) is 8.54. The highest BCUT2D eigenvalue weighted by molar-refractivity contribution is 9.10. The minimum atomic E-state index is -0.0569. The van der Waals surface area contributed by atoms with Crippen molar-refractivity contribution in [2.45, 2.75) is 26.7 Å². The summed E-state index contributed by atoms with van der Waals surface area (Å²) in [6.07, 6.45) is 1.81. The molecule has 1 aromatic carbocycles. The maximum Gasteiger partial charge on any atom is 0.252 e. The Morgan fingerprint density at radius 3 is 2.83 bits per heavy atom. The fraction of sp³-hybridized carbons (Fsp3) is 0.500. The number of benzene rings is 1. The van der Waals surface area contributed by atoms with E-state index in [1.165, 1.54) is 0 Å². The molecule has 0 aliphatic heterocycles. The summed E-state index contributed by atoms with van der Waals surface area (Å²) in [6.45, 7) is 4.84. The van der Waals surface area contributed by atoms with Crippen molar-refractivity contribution in [2.75, 3.05) is 13.2 Å². The van der Waals surface area contributed by atoms with Gasteiger partial charge in [0.2, 0.25) is 0 Å². The van der Waals surface area contributed by atoms with Crippen LogP contribution in [0.15, 0.2) is 22.7 Å². The zero-order chi connectivity index (χ0) is 13.5. The Morgan fingerprint density at radius 1 is 1.50 bits per heavy atom. The lowest BCUT2D eigenvalue weighted by Crippen LogP contribution is -2.25. The molecule has 2 N–H and O–H groups in total. The van der Waals surface area contributed by atoms with Gasteiger partial charge in [-0.1, -0.05) is 13.0 Å². The quantitative estimate of drug-likeness (QED) is 0.793. The topological polar surface area (TPSA) is 49.3 Å². The molecule has 0 aliphatic rings. The molecule has 4 heteroatoms. The van der Waals surface area contributed by atoms with E-state index >= 15 is 0 Å². The van der Waals surface area contributed by atoms with Crippen molar-refractivity contribution in [3.05, 3.63) is 33.8 Å². The minimum absolute atomic E-state index is 0.0569. The average Bonchev–Trinajstić information content (AvgIpc) is 2.34. The molecule has 0 aliphatic carbocycles. The molecule has 0 aromatic heterocycles. The molecule has 0 fully saturated rings. The Bertz CT molecular complexity index is 407. The zero-order valence-electron chi connectivity index (χ0n) is 10.9. The van der Waals surface area contributed by atoms with E-state index in [1.807, 2.05) is 32.0 Å². The number of aliphatic hydroxyl groups is 1. The summed E-state index contributed by atoms with van der Waals surface area (Å²) in [5.41, 5.74) is 1.78. The summed E-state index contributed by atoms with van der Waals surface area (Å²) in [4.78, 5) is 11.9. The van der Waals surface area contributed by atoms with Crippen LogP contribution >= 0.6 is 15.9 Å². The molecule has 3 nitrogen and oxygen atoms in total. The van der Waals surface area contributed by atoms with Crippen molar-refractivity contribution in [3.63, 3.8) is 0 Å². The van der Waals surface area contributed by atoms with Gasteiger partial charge in [0.05, 0.1) is 5.56 Å². The first-order valence-corrected chi connectivity index (χ1v) is 6.99. The number of carbonyl (C=O) groups excluding carboxylic acids is 1. The normalized spacial score (nSPS) is 12.2. The molecule has 1 atom stereocenters. The first-order valence-electron chi connectivity index (χ1n) is 6.19. The van der Waals surface area contributed by atoms with E-state index in [4.69, 9.17) is 5.11 Å². The van der Waals surface area contributed by atoms with Crippen LogP contribution in [-0.4, -0.2) is 24.2 Å². The summed E-state index contributed by atoms with van der Waals surface area (Å²) >= 11 is 3.40. The standard InChI is InChI=1S/C14H20BrNO2/c1-10-5-6-12(13(15)8-10)14(18)16-7-3-4-11(2)9-17/h5-6,8,11,17H,3-4,7,9H2,1-2H3,(H,16,18). The third kappa shape index (κ3) is 4.78. The number of aryl methyl sites for hydroxylation is 1. The predicted octanol–water partition coefficient (Wildman–Crippen LogP) is 2.90. The fourth-order valence-corrected chi connectivity index (χ4v) is 2.32. The van der Waals surface area contributed by atoms with E-state index in [-0.39, 0.29) is 12.5 Å². The second-order valence-corrected chi connectivity index (χ2v) is 5.52. The number of carbonyl (C=O) groups is 1. The van der Waals surface area contributed by atoms with Crippen molar-refractivity contribution in [2.24, 2.45) is 5.92 Å². The molecule has 1 unspecified atom stereocenters. The zero-order valence-corrected chi connectivity index (χ0v) is 12.5. The number of amides is 1. The first kappa shape index (κ1) is 15.2. The largest absolute Gasteiger partial charge is 0.396 e. The molecule has 1 rings (SSSR count). The maximum absolute atomic E-state index is 11.9. The van der Waals surface area contributed by atoms with Gasteiger partial charge >= 0.3 is 0 Å². The van der Waals surface area contributed by atoms with Crippen LogP contribution in [0.3, 0.4) is 0 Å². The summed E-state index contributed by atoms with van der Waals surface area (Å²) in [5, 5.41) is 11.8. The second-order valence-electron chi connectivity index (χ2n) is 4.67. The number of rotatable bonds is 6. The third-order valence-electron chi connectivity index (χ3n) is 2.84. The summed E-state index contributed by atoms with van der Waals surface area (Å²) in [5.74, 6) is 0.242. The van der Waals surface area contributed by atoms with E-state index in [2.05, 4.69) is 21.2 Å². The monoisotopic (exact) mass is 313 g/mol. The highest BCUT2D eigenvalue weighted by Gasteiger charge is 2.09. The lowest BCUT2D eigenvalue weighted by atomic mass is 10.1. The van der Waals surface area contributed by atoms with Crippen LogP contribution in [0.4, 0.5) is 0 Å². The number of halogens is 1. The number of hydrogen-bond donors (Lipinski definition) is 2. The molecule has 1 aromatic rings. The van der Waals surface area contributed by atoms with Crippen LogP contribution in [0.2, 0.25) is 0 Å². The van der Waals surface area contributed by atoms with E-state index in [0.717, 1.165) is 22.9 Å². The Labute approximate surface area is 117 Å². The molecule has 0 heterocycles. The minimum Gasteiger partial charge on any atom is -0.396 e. The van der Waals surface area contributed by atoms with Crippen molar-refractivity contribution < 1.29 is 9.90 Å². The van der Waals surface area contributed by atoms with Crippen LogP contribution in [0.1, 0.15) is 35.7 Å². The summed E-state index contributed by atoms with van der Waals surface area (Å²) < 4.78 is 0.823. The van der Waals surface area contributed by atoms with Crippen LogP contribution in [-0.2, 0) is 0 Å². The van der Waals surface area contributed by atoms with Gasteiger partial charge in [-0.15, -0.1) is 0 Å². The molecule has 0 saturated carbocycles. The Balaban J connectivity index is 2.41. The van der Waals surface area contributed by atoms with Gasteiger partial charge in [-0.3, -0.25) is 4.79 Å². The van der Waals surface area contributed by atoms with Crippen molar-refractivity contribution in [1.29, 1.82) is 0 Å². The van der Waals surface area contributed by atoms with Crippen LogP contribution < -0.4 is 5.32 Å². The fourth-order valence-electron chi connectivity index (χ4n) is 1.64. The lowest BCUT2D eigenvalue weighted by Gasteiger charge is -2.09. The molecule has 1 amide bonds. The third-order valence-corrected chi connectivity index (χ3v) is 3.50. The number of aliphatic hydroxyl groups excluding tert-OH is 1. The molecule has 100 valence electrons. The van der Waals surface area contributed by atoms with Crippen LogP contribution in [0.5, 0.6) is 0 Å². The van der Waals surface area contributed by atoms with Gasteiger partial charge in [0.1, 0.15) is 0 Å². The van der Waals surface area contributed by atoms with Gasteiger partial charge in [-0.25, -0.2) is 0 Å². The van der Waals surface area contributed by atoms with Gasteiger partial charge in [-0.05, 0) is 59.3 Å². The van der Waals surface area contributed by atoms with E-state index in [0.29, 0.717) is 18.0 Å². The van der Waals surface area contributed by atoms with Crippen molar-refractivity contribution in [1.82, 2.24) is 5.32 Å². The van der Waals surface area contributed by atoms with E-state index in [1.54, 1.807) is 0 Å². The molecule has 0 saturated heterocycles. The lowest BCUT2D eigenvalue weighted by molar-refractivity contribution is 0.0951. The highest BCUT2D eigenvalue weighted by atomic mass is 79.9. The van der Waals surface area contributed by atoms with E-state index < -0.39 is 0 Å². The van der Waals surface area contributed by atoms with Crippen molar-refractivity contribution >= 4 is 21.8 Å². The summed E-state index contributed by atoms with van der Waals surface area (Å²) in [7, 11) is 0. The molecule has 0 bridgehead atoms. The van der Waals surface area contributed by atoms with Gasteiger partial charge in [0.25, 0.3) is 5.91 Å². The SMILES string of the molecule is Cc1ccc(C(=O)NCCCC(C)CO)c(Br)c1. The predicted molar refractivity (Wildman–Crippen MR) is 76.7 cm³/mol. The van der Waals surface area contributed by atoms with Crippen LogP contribution in [0, 0.1) is 12.8 Å². The maximum atomic E-state index is 11.9. The van der Waals surface area contributed by atoms with Gasteiger partial charge in [0.15, 0.2) is 0 Å². The van der Waals surface area contributed by atoms with Crippen molar-refractivity contribution in [3.8, 4) is 0 Å². The van der Waals surface area contributed by atoms with Gasteiger partial charge < -0.3 is 10.4 Å². The van der Waals surface area contributed by atoms with E-state index in [9.17, 15) is 4.79 Å². The van der Waals surface area contributed by atoms with Crippen LogP contribution in [0.25, 0.3) is 0 Å². The second kappa shape index (κ2) is 7.54. The highest BCUT2D eigenvalue weighted by Crippen LogP contribution is 2.18.